The van der Waals surface area contributed by atoms with Gasteiger partial charge in [0.2, 0.25) is 0 Å². The number of rotatable bonds is 5. The first kappa shape index (κ1) is 22.3. The second-order valence-electron chi connectivity index (χ2n) is 6.79. The fourth-order valence-electron chi connectivity index (χ4n) is 2.72. The molecule has 0 spiro atoms. The van der Waals surface area contributed by atoms with Gasteiger partial charge in [-0.15, -0.1) is 0 Å². The number of methoxy groups -OCH3 is 1. The van der Waals surface area contributed by atoms with Gasteiger partial charge in [-0.05, 0) is 29.8 Å². The van der Waals surface area contributed by atoms with E-state index < -0.39 is 17.7 Å². The Morgan fingerprint density at radius 1 is 0.933 bits per heavy atom. The molecule has 0 N–H and O–H groups in total. The zero-order valence-electron chi connectivity index (χ0n) is 16.3. The highest BCUT2D eigenvalue weighted by Crippen LogP contribution is 2.35. The second-order valence-corrected chi connectivity index (χ2v) is 8.02. The van der Waals surface area contributed by atoms with Gasteiger partial charge in [-0.25, -0.2) is 9.59 Å². The van der Waals surface area contributed by atoms with Crippen LogP contribution in [0, 0.1) is 0 Å². The van der Waals surface area contributed by atoms with E-state index in [2.05, 4.69) is 0 Å². The van der Waals surface area contributed by atoms with Crippen molar-refractivity contribution in [2.75, 3.05) is 7.11 Å². The molecule has 0 radical (unpaired) electrons. The molecule has 0 atom stereocenters. The molecule has 6 nitrogen and oxygen atoms in total. The lowest BCUT2D eigenvalue weighted by molar-refractivity contribution is -0.222. The molecule has 1 aliphatic rings. The highest BCUT2D eigenvalue weighted by Gasteiger charge is 2.38. The fraction of sp³-hybridized carbons (Fsp3) is 0.238. The molecule has 30 heavy (non-hydrogen) atoms. The van der Waals surface area contributed by atoms with Crippen molar-refractivity contribution in [2.45, 2.75) is 26.2 Å². The van der Waals surface area contributed by atoms with Crippen LogP contribution in [0.15, 0.2) is 35.9 Å². The van der Waals surface area contributed by atoms with Crippen molar-refractivity contribution in [2.24, 2.45) is 0 Å². The fourth-order valence-corrected chi connectivity index (χ4v) is 3.31. The average molecular weight is 472 g/mol. The number of esters is 2. The Hall–Kier alpha value is -2.41. The molecule has 0 bridgehead atoms. The van der Waals surface area contributed by atoms with Gasteiger partial charge < -0.3 is 18.9 Å². The Kier molecular flexibility index (Phi) is 6.50. The predicted molar refractivity (Wildman–Crippen MR) is 113 cm³/mol. The van der Waals surface area contributed by atoms with E-state index in [0.717, 1.165) is 0 Å². The standard InChI is InChI=1S/C21H17Cl3O6/c1-21(2)29-19(25)13(20(26)30-21)7-11-4-5-17(27-3)12(6-11)10-28-18-9-15(23)14(22)8-16(18)24/h4-9H,10H2,1-3H3. The smallest absolute Gasteiger partial charge is 0.348 e. The van der Waals surface area contributed by atoms with Crippen LogP contribution in [0.2, 0.25) is 15.1 Å². The minimum atomic E-state index is -1.30. The number of cyclic esters (lactones) is 2. The van der Waals surface area contributed by atoms with E-state index in [0.29, 0.717) is 37.7 Å². The lowest BCUT2D eigenvalue weighted by Crippen LogP contribution is -2.41. The first-order valence-electron chi connectivity index (χ1n) is 8.72. The summed E-state index contributed by atoms with van der Waals surface area (Å²) in [4.78, 5) is 24.3. The van der Waals surface area contributed by atoms with Gasteiger partial charge in [-0.2, -0.15) is 0 Å². The maximum Gasteiger partial charge on any atom is 0.348 e. The van der Waals surface area contributed by atoms with Crippen molar-refractivity contribution in [3.05, 3.63) is 62.1 Å². The quantitative estimate of drug-likeness (QED) is 0.250. The number of halogens is 3. The van der Waals surface area contributed by atoms with Crippen LogP contribution in [0.4, 0.5) is 0 Å². The van der Waals surface area contributed by atoms with Crippen LogP contribution < -0.4 is 9.47 Å². The van der Waals surface area contributed by atoms with E-state index in [1.54, 1.807) is 18.2 Å². The molecule has 1 fully saturated rings. The summed E-state index contributed by atoms with van der Waals surface area (Å²) in [7, 11) is 1.51. The molecular weight excluding hydrogens is 455 g/mol. The van der Waals surface area contributed by atoms with E-state index in [4.69, 9.17) is 53.8 Å². The van der Waals surface area contributed by atoms with E-state index >= 15 is 0 Å². The van der Waals surface area contributed by atoms with E-state index in [1.807, 2.05) is 0 Å². The van der Waals surface area contributed by atoms with E-state index in [-0.39, 0.29) is 12.2 Å². The van der Waals surface area contributed by atoms with Gasteiger partial charge in [-0.1, -0.05) is 40.9 Å². The maximum atomic E-state index is 12.2. The van der Waals surface area contributed by atoms with Crippen LogP contribution in [-0.4, -0.2) is 24.8 Å². The van der Waals surface area contributed by atoms with Crippen molar-refractivity contribution in [1.29, 1.82) is 0 Å². The molecule has 158 valence electrons. The Morgan fingerprint density at radius 3 is 2.20 bits per heavy atom. The topological polar surface area (TPSA) is 71.1 Å². The third kappa shape index (κ3) is 5.01. The summed E-state index contributed by atoms with van der Waals surface area (Å²) >= 11 is 18.1. The summed E-state index contributed by atoms with van der Waals surface area (Å²) in [6.45, 7) is 3.05. The van der Waals surface area contributed by atoms with Gasteiger partial charge in [0, 0.05) is 25.5 Å². The highest BCUT2D eigenvalue weighted by atomic mass is 35.5. The number of carbonyl (C=O) groups is 2. The van der Waals surface area contributed by atoms with Gasteiger partial charge in [0.25, 0.3) is 5.79 Å². The highest BCUT2D eigenvalue weighted by molar-refractivity contribution is 6.43. The summed E-state index contributed by atoms with van der Waals surface area (Å²) in [5, 5.41) is 0.922. The average Bonchev–Trinajstić information content (AvgIpc) is 2.66. The van der Waals surface area contributed by atoms with Crippen molar-refractivity contribution < 1.29 is 28.5 Å². The summed E-state index contributed by atoms with van der Waals surface area (Å²) in [6.07, 6.45) is 1.38. The molecule has 0 aromatic heterocycles. The SMILES string of the molecule is COc1ccc(C=C2C(=O)OC(C)(C)OC2=O)cc1COc1cc(Cl)c(Cl)cc1Cl. The maximum absolute atomic E-state index is 12.2. The lowest BCUT2D eigenvalue weighted by Gasteiger charge is -2.29. The van der Waals surface area contributed by atoms with Crippen LogP contribution in [0.1, 0.15) is 25.0 Å². The first-order valence-corrected chi connectivity index (χ1v) is 9.85. The second kappa shape index (κ2) is 8.76. The number of ether oxygens (including phenoxy) is 4. The molecule has 9 heteroatoms. The Labute approximate surface area is 188 Å². The minimum Gasteiger partial charge on any atom is -0.496 e. The zero-order valence-corrected chi connectivity index (χ0v) is 18.5. The zero-order chi connectivity index (χ0) is 22.1. The van der Waals surface area contributed by atoms with Gasteiger partial charge in [0.05, 0.1) is 22.2 Å². The summed E-state index contributed by atoms with van der Waals surface area (Å²) in [6, 6.07) is 8.07. The summed E-state index contributed by atoms with van der Waals surface area (Å²) in [5.41, 5.74) is 0.990. The van der Waals surface area contributed by atoms with Crippen LogP contribution in [0.5, 0.6) is 11.5 Å². The summed E-state index contributed by atoms with van der Waals surface area (Å²) in [5.74, 6) is -1.93. The van der Waals surface area contributed by atoms with Crippen LogP contribution in [0.3, 0.4) is 0 Å². The number of benzene rings is 2. The van der Waals surface area contributed by atoms with Gasteiger partial charge >= 0.3 is 11.9 Å². The Bertz CT molecular complexity index is 1020. The molecule has 1 aliphatic heterocycles. The molecule has 1 heterocycles. The lowest BCUT2D eigenvalue weighted by atomic mass is 10.1. The van der Waals surface area contributed by atoms with Crippen LogP contribution >= 0.6 is 34.8 Å². The molecule has 0 unspecified atom stereocenters. The van der Waals surface area contributed by atoms with Gasteiger partial charge in [-0.3, -0.25) is 0 Å². The molecule has 3 rings (SSSR count). The monoisotopic (exact) mass is 470 g/mol. The third-order valence-corrected chi connectivity index (χ3v) is 5.11. The molecule has 0 aliphatic carbocycles. The minimum absolute atomic E-state index is 0.0831. The molecule has 0 saturated carbocycles. The number of hydrogen-bond acceptors (Lipinski definition) is 6. The van der Waals surface area contributed by atoms with Gasteiger partial charge in [0.15, 0.2) is 0 Å². The molecular formula is C21H17Cl3O6. The Morgan fingerprint density at radius 2 is 1.57 bits per heavy atom. The summed E-state index contributed by atoms with van der Waals surface area (Å²) < 4.78 is 21.3. The van der Waals surface area contributed by atoms with Crippen LogP contribution in [0.25, 0.3) is 6.08 Å². The van der Waals surface area contributed by atoms with Crippen molar-refractivity contribution >= 4 is 52.8 Å². The first-order chi connectivity index (χ1) is 14.1. The predicted octanol–water partition coefficient (Wildman–Crippen LogP) is 5.45. The van der Waals surface area contributed by atoms with Crippen molar-refractivity contribution in [3.63, 3.8) is 0 Å². The van der Waals surface area contributed by atoms with Crippen LogP contribution in [-0.2, 0) is 25.7 Å². The van der Waals surface area contributed by atoms with E-state index in [9.17, 15) is 9.59 Å². The molecule has 0 amide bonds. The number of carbonyl (C=O) groups excluding carboxylic acids is 2. The van der Waals surface area contributed by atoms with E-state index in [1.165, 1.54) is 39.2 Å². The normalized spacial score (nSPS) is 15.3. The molecule has 2 aromatic carbocycles. The van der Waals surface area contributed by atoms with Gasteiger partial charge in [0.1, 0.15) is 23.7 Å². The van der Waals surface area contributed by atoms with Crippen molar-refractivity contribution in [3.8, 4) is 11.5 Å². The third-order valence-electron chi connectivity index (χ3n) is 4.09. The molecule has 2 aromatic rings. The molecule has 1 saturated heterocycles. The Balaban J connectivity index is 1.87. The van der Waals surface area contributed by atoms with Crippen molar-refractivity contribution in [1.82, 2.24) is 0 Å². The largest absolute Gasteiger partial charge is 0.496 e. The number of hydrogen-bond donors (Lipinski definition) is 0.